The summed E-state index contributed by atoms with van der Waals surface area (Å²) >= 11 is 0. The molecule has 0 unspecified atom stereocenters. The molecule has 0 aromatic carbocycles. The largest absolute Gasteiger partial charge is 0.480 e. The maximum absolute atomic E-state index is 11.1. The van der Waals surface area contributed by atoms with Gasteiger partial charge in [0.1, 0.15) is 5.78 Å². The van der Waals surface area contributed by atoms with Crippen LogP contribution in [0.2, 0.25) is 0 Å². The van der Waals surface area contributed by atoms with Crippen LogP contribution in [0.4, 0.5) is 0 Å². The Morgan fingerprint density at radius 3 is 1.80 bits per heavy atom. The number of carbonyl (C=O) groups excluding carboxylic acids is 1. The van der Waals surface area contributed by atoms with E-state index >= 15 is 0 Å². The molecule has 116 valence electrons. The van der Waals surface area contributed by atoms with Crippen molar-refractivity contribution in [3.63, 3.8) is 0 Å². The zero-order valence-corrected chi connectivity index (χ0v) is 11.3. The number of nitrogens with zero attached hydrogens (tertiary/aromatic N) is 2. The van der Waals surface area contributed by atoms with Crippen LogP contribution in [-0.2, 0) is 19.3 Å². The highest BCUT2D eigenvalue weighted by Crippen LogP contribution is 1.94. The average molecular weight is 292 g/mol. The van der Waals surface area contributed by atoms with Crippen molar-refractivity contribution in [2.45, 2.75) is 6.92 Å². The van der Waals surface area contributed by atoms with Gasteiger partial charge in [-0.05, 0) is 6.92 Å². The first-order valence-corrected chi connectivity index (χ1v) is 5.99. The molecule has 0 aliphatic heterocycles. The number of carboxylic acids is 2. The first-order valence-electron chi connectivity index (χ1n) is 5.99. The fraction of sp³-hybridized carbons (Fsp3) is 0.727. The van der Waals surface area contributed by atoms with Crippen LogP contribution in [-0.4, -0.2) is 88.9 Å². The van der Waals surface area contributed by atoms with Crippen LogP contribution in [0.15, 0.2) is 0 Å². The molecular weight excluding hydrogens is 272 g/mol. The number of ketones is 1. The molecule has 0 saturated heterocycles. The second kappa shape index (κ2) is 10.3. The molecule has 0 heterocycles. The van der Waals surface area contributed by atoms with Crippen LogP contribution in [0.1, 0.15) is 6.92 Å². The Kier molecular flexibility index (Phi) is 9.47. The third kappa shape index (κ3) is 10.4. The van der Waals surface area contributed by atoms with E-state index in [1.54, 1.807) is 4.90 Å². The summed E-state index contributed by atoms with van der Waals surface area (Å²) < 4.78 is 0. The molecule has 0 radical (unpaired) electrons. The van der Waals surface area contributed by atoms with Crippen molar-refractivity contribution in [2.24, 2.45) is 0 Å². The number of hydrogen-bond acceptors (Lipinski definition) is 7. The lowest BCUT2D eigenvalue weighted by Crippen LogP contribution is -2.42. The number of hydrogen-bond donors (Lipinski definition) is 3. The van der Waals surface area contributed by atoms with Gasteiger partial charge in [-0.25, -0.2) is 4.89 Å². The summed E-state index contributed by atoms with van der Waals surface area (Å²) in [4.78, 5) is 39.2. The van der Waals surface area contributed by atoms with E-state index in [1.165, 1.54) is 11.8 Å². The molecule has 0 saturated carbocycles. The minimum atomic E-state index is -1.12. The van der Waals surface area contributed by atoms with E-state index in [2.05, 4.69) is 4.89 Å². The van der Waals surface area contributed by atoms with Crippen molar-refractivity contribution >= 4 is 17.7 Å². The third-order valence-electron chi connectivity index (χ3n) is 2.40. The van der Waals surface area contributed by atoms with Gasteiger partial charge in [0.2, 0.25) is 0 Å². The molecule has 0 aromatic rings. The molecule has 3 N–H and O–H groups in total. The van der Waals surface area contributed by atoms with Gasteiger partial charge in [0.15, 0.2) is 0 Å². The fourth-order valence-electron chi connectivity index (χ4n) is 1.63. The van der Waals surface area contributed by atoms with E-state index < -0.39 is 25.0 Å². The molecule has 0 aliphatic carbocycles. The monoisotopic (exact) mass is 292 g/mol. The molecule has 9 heteroatoms. The summed E-state index contributed by atoms with van der Waals surface area (Å²) in [7, 11) is 0. The quantitative estimate of drug-likeness (QED) is 0.301. The summed E-state index contributed by atoms with van der Waals surface area (Å²) in [6.45, 7) is 1.50. The Balaban J connectivity index is 4.38. The highest BCUT2D eigenvalue weighted by atomic mass is 17.1. The van der Waals surface area contributed by atoms with Gasteiger partial charge in [-0.3, -0.25) is 29.4 Å². The van der Waals surface area contributed by atoms with Crippen LogP contribution < -0.4 is 0 Å². The minimum absolute atomic E-state index is 0.00510. The van der Waals surface area contributed by atoms with E-state index in [-0.39, 0.29) is 32.0 Å². The standard InChI is InChI=1S/C11H20N2O7/c1-9(14)6-12(4-5-20-19)2-3-13(7-10(15)16)8-11(17)18/h19H,2-8H2,1H3,(H,15,16)(H,17,18). The van der Waals surface area contributed by atoms with Gasteiger partial charge < -0.3 is 10.2 Å². The highest BCUT2D eigenvalue weighted by molar-refractivity contribution is 5.77. The molecule has 0 fully saturated rings. The van der Waals surface area contributed by atoms with Crippen molar-refractivity contribution in [3.05, 3.63) is 0 Å². The average Bonchev–Trinajstić information content (AvgIpc) is 2.30. The Labute approximate surface area is 116 Å². The second-order valence-corrected chi connectivity index (χ2v) is 4.31. The molecule has 0 rings (SSSR count). The molecule has 9 nitrogen and oxygen atoms in total. The molecular formula is C11H20N2O7. The van der Waals surface area contributed by atoms with Crippen LogP contribution in [0.3, 0.4) is 0 Å². The van der Waals surface area contributed by atoms with Crippen molar-refractivity contribution in [2.75, 3.05) is 45.9 Å². The van der Waals surface area contributed by atoms with Gasteiger partial charge in [-0.1, -0.05) is 0 Å². The van der Waals surface area contributed by atoms with Gasteiger partial charge in [0.25, 0.3) is 0 Å². The summed E-state index contributed by atoms with van der Waals surface area (Å²) in [6.07, 6.45) is 0. The van der Waals surface area contributed by atoms with Gasteiger partial charge in [0, 0.05) is 19.6 Å². The normalized spacial score (nSPS) is 11.0. The third-order valence-corrected chi connectivity index (χ3v) is 2.40. The molecule has 0 amide bonds. The van der Waals surface area contributed by atoms with Gasteiger partial charge in [0.05, 0.1) is 26.2 Å². The minimum Gasteiger partial charge on any atom is -0.480 e. The number of carboxylic acid groups (broad SMARTS) is 2. The molecule has 0 aliphatic rings. The zero-order valence-electron chi connectivity index (χ0n) is 11.3. The number of carbonyl (C=O) groups is 3. The topological polar surface area (TPSA) is 128 Å². The lowest BCUT2D eigenvalue weighted by atomic mass is 10.3. The van der Waals surface area contributed by atoms with Crippen LogP contribution in [0.5, 0.6) is 0 Å². The van der Waals surface area contributed by atoms with Crippen LogP contribution in [0.25, 0.3) is 0 Å². The van der Waals surface area contributed by atoms with Crippen molar-refractivity contribution in [3.8, 4) is 0 Å². The smallest absolute Gasteiger partial charge is 0.317 e. The van der Waals surface area contributed by atoms with E-state index in [1.807, 2.05) is 0 Å². The van der Waals surface area contributed by atoms with Gasteiger partial charge in [-0.2, -0.15) is 0 Å². The molecule has 0 aromatic heterocycles. The lowest BCUT2D eigenvalue weighted by Gasteiger charge is -2.24. The van der Waals surface area contributed by atoms with Crippen molar-refractivity contribution in [1.82, 2.24) is 9.80 Å². The maximum atomic E-state index is 11.1. The van der Waals surface area contributed by atoms with Gasteiger partial charge >= 0.3 is 11.9 Å². The predicted molar refractivity (Wildman–Crippen MR) is 67.4 cm³/mol. The zero-order chi connectivity index (χ0) is 15.5. The second-order valence-electron chi connectivity index (χ2n) is 4.31. The Bertz CT molecular complexity index is 319. The molecule has 0 atom stereocenters. The van der Waals surface area contributed by atoms with E-state index in [4.69, 9.17) is 15.5 Å². The van der Waals surface area contributed by atoms with E-state index in [0.717, 1.165) is 0 Å². The summed E-state index contributed by atoms with van der Waals surface area (Å²) in [5, 5.41) is 25.7. The first kappa shape index (κ1) is 18.4. The number of rotatable bonds is 12. The Morgan fingerprint density at radius 1 is 0.900 bits per heavy atom. The first-order chi connectivity index (χ1) is 9.35. The maximum Gasteiger partial charge on any atom is 0.317 e. The van der Waals surface area contributed by atoms with E-state index in [9.17, 15) is 14.4 Å². The summed E-state index contributed by atoms with van der Waals surface area (Å²) in [5.41, 5.74) is 0. The van der Waals surface area contributed by atoms with Crippen LogP contribution in [0, 0.1) is 0 Å². The van der Waals surface area contributed by atoms with Crippen molar-refractivity contribution < 1.29 is 34.7 Å². The predicted octanol–water partition coefficient (Wildman–Crippen LogP) is -1.16. The number of Topliss-reactive ketones (excluding diaryl/α,β-unsaturated/α-hetero) is 1. The number of aliphatic carboxylic acids is 2. The molecule has 0 spiro atoms. The van der Waals surface area contributed by atoms with Crippen LogP contribution >= 0.6 is 0 Å². The fourth-order valence-corrected chi connectivity index (χ4v) is 1.63. The molecule has 20 heavy (non-hydrogen) atoms. The SMILES string of the molecule is CC(=O)CN(CCOO)CCN(CC(=O)O)CC(=O)O. The lowest BCUT2D eigenvalue weighted by molar-refractivity contribution is -0.243. The Hall–Kier alpha value is -1.55. The van der Waals surface area contributed by atoms with Crippen molar-refractivity contribution in [1.29, 1.82) is 0 Å². The summed E-state index contributed by atoms with van der Waals surface area (Å²) in [6, 6.07) is 0. The van der Waals surface area contributed by atoms with Gasteiger partial charge in [-0.15, -0.1) is 0 Å². The molecule has 0 bridgehead atoms. The Morgan fingerprint density at radius 2 is 1.40 bits per heavy atom. The van der Waals surface area contributed by atoms with E-state index in [0.29, 0.717) is 6.54 Å². The summed E-state index contributed by atoms with van der Waals surface area (Å²) in [5.74, 6) is -2.34. The highest BCUT2D eigenvalue weighted by Gasteiger charge is 2.15.